The number of hydrogen-bond acceptors (Lipinski definition) is 2. The van der Waals surface area contributed by atoms with E-state index in [0.29, 0.717) is 0 Å². The molecule has 2 heteroatoms. The molecule has 2 nitrogen and oxygen atoms in total. The summed E-state index contributed by atoms with van der Waals surface area (Å²) >= 11 is 0. The first-order valence-corrected chi connectivity index (χ1v) is 6.95. The van der Waals surface area contributed by atoms with Crippen molar-refractivity contribution in [2.45, 2.75) is 64.2 Å². The molecule has 0 unspecified atom stereocenters. The van der Waals surface area contributed by atoms with Crippen molar-refractivity contribution in [2.24, 2.45) is 5.10 Å². The quantitative estimate of drug-likeness (QED) is 0.714. The van der Waals surface area contributed by atoms with Gasteiger partial charge in [0.2, 0.25) is 0 Å². The summed E-state index contributed by atoms with van der Waals surface area (Å²) in [4.78, 5) is 0. The van der Waals surface area contributed by atoms with Crippen LogP contribution in [0.3, 0.4) is 0 Å². The molecule has 0 amide bonds. The minimum atomic E-state index is 1.05. The molecule has 1 heterocycles. The minimum Gasteiger partial charge on any atom is -0.310 e. The number of hydrazone groups is 1. The second kappa shape index (κ2) is 6.72. The highest BCUT2D eigenvalue weighted by Gasteiger charge is 2.10. The fourth-order valence-electron chi connectivity index (χ4n) is 2.57. The van der Waals surface area contributed by atoms with Crippen LogP contribution in [0.15, 0.2) is 16.8 Å². The second-order valence-corrected chi connectivity index (χ2v) is 4.96. The molecule has 0 fully saturated rings. The lowest BCUT2D eigenvalue weighted by molar-refractivity contribution is 0.602. The Morgan fingerprint density at radius 2 is 1.69 bits per heavy atom. The highest BCUT2D eigenvalue weighted by molar-refractivity contribution is 5.99. The van der Waals surface area contributed by atoms with E-state index in [1.54, 1.807) is 0 Å². The Morgan fingerprint density at radius 1 is 0.875 bits per heavy atom. The van der Waals surface area contributed by atoms with E-state index in [-0.39, 0.29) is 0 Å². The lowest BCUT2D eigenvalue weighted by Crippen LogP contribution is -2.16. The average Bonchev–Trinajstić information content (AvgIpc) is 2.18. The molecule has 2 rings (SSSR count). The van der Waals surface area contributed by atoms with Crippen LogP contribution in [-0.4, -0.2) is 12.3 Å². The van der Waals surface area contributed by atoms with E-state index in [0.717, 1.165) is 6.54 Å². The maximum absolute atomic E-state index is 4.58. The van der Waals surface area contributed by atoms with E-state index in [2.05, 4.69) is 16.6 Å². The zero-order chi connectivity index (χ0) is 11.1. The highest BCUT2D eigenvalue weighted by Crippen LogP contribution is 2.20. The van der Waals surface area contributed by atoms with Crippen molar-refractivity contribution in [3.8, 4) is 0 Å². The van der Waals surface area contributed by atoms with Crippen molar-refractivity contribution < 1.29 is 0 Å². The summed E-state index contributed by atoms with van der Waals surface area (Å²) in [6.45, 7) is 1.05. The number of rotatable bonds is 1. The van der Waals surface area contributed by atoms with Gasteiger partial charge < -0.3 is 5.43 Å². The summed E-state index contributed by atoms with van der Waals surface area (Å²) < 4.78 is 0. The standard InChI is InChI=1S/C14H24N2/c1-2-5-9-13(10-6-3-1)14-11-7-4-8-12-15-16-14/h9,15H,1-8,10-12H2/b13-9+,16-14+. The first-order valence-electron chi connectivity index (χ1n) is 6.95. The zero-order valence-corrected chi connectivity index (χ0v) is 10.3. The molecule has 0 radical (unpaired) electrons. The summed E-state index contributed by atoms with van der Waals surface area (Å²) in [6, 6.07) is 0. The Kier molecular flexibility index (Phi) is 4.91. The fraction of sp³-hybridized carbons (Fsp3) is 0.786. The summed E-state index contributed by atoms with van der Waals surface area (Å²) in [5.41, 5.74) is 6.10. The molecule has 0 aromatic carbocycles. The SMILES string of the molecule is C1=C(/C2=N/NCCCCC2)CCCCCC/1. The molecule has 2 aliphatic rings. The van der Waals surface area contributed by atoms with Crippen molar-refractivity contribution in [2.75, 3.05) is 6.54 Å². The number of allylic oxidation sites excluding steroid dienone is 2. The maximum Gasteiger partial charge on any atom is 0.0631 e. The summed E-state index contributed by atoms with van der Waals surface area (Å²) in [7, 11) is 0. The van der Waals surface area contributed by atoms with Crippen molar-refractivity contribution >= 4 is 5.71 Å². The van der Waals surface area contributed by atoms with Gasteiger partial charge >= 0.3 is 0 Å². The molecule has 0 saturated heterocycles. The molecule has 0 aromatic heterocycles. The van der Waals surface area contributed by atoms with Crippen molar-refractivity contribution in [3.05, 3.63) is 11.6 Å². The molecule has 0 spiro atoms. The van der Waals surface area contributed by atoms with Crippen LogP contribution in [0, 0.1) is 0 Å². The smallest absolute Gasteiger partial charge is 0.0631 e. The molecule has 16 heavy (non-hydrogen) atoms. The van der Waals surface area contributed by atoms with Crippen LogP contribution < -0.4 is 5.43 Å². The largest absolute Gasteiger partial charge is 0.310 e. The van der Waals surface area contributed by atoms with Crippen LogP contribution in [0.1, 0.15) is 64.2 Å². The topological polar surface area (TPSA) is 24.4 Å². The van der Waals surface area contributed by atoms with Gasteiger partial charge in [-0.05, 0) is 50.5 Å². The number of hydrogen-bond donors (Lipinski definition) is 1. The van der Waals surface area contributed by atoms with Gasteiger partial charge in [-0.2, -0.15) is 5.10 Å². The number of nitrogens with zero attached hydrogens (tertiary/aromatic N) is 1. The van der Waals surface area contributed by atoms with Gasteiger partial charge in [-0.25, -0.2) is 0 Å². The van der Waals surface area contributed by atoms with Gasteiger partial charge in [-0.15, -0.1) is 0 Å². The average molecular weight is 220 g/mol. The Morgan fingerprint density at radius 3 is 2.69 bits per heavy atom. The first-order chi connectivity index (χ1) is 7.97. The van der Waals surface area contributed by atoms with Gasteiger partial charge in [0.05, 0.1) is 5.71 Å². The van der Waals surface area contributed by atoms with E-state index in [9.17, 15) is 0 Å². The second-order valence-electron chi connectivity index (χ2n) is 4.96. The minimum absolute atomic E-state index is 1.05. The van der Waals surface area contributed by atoms with Gasteiger partial charge in [-0.3, -0.25) is 0 Å². The van der Waals surface area contributed by atoms with Gasteiger partial charge in [0, 0.05) is 6.54 Å². The van der Waals surface area contributed by atoms with Crippen LogP contribution in [0.25, 0.3) is 0 Å². The third-order valence-electron chi connectivity index (χ3n) is 3.58. The van der Waals surface area contributed by atoms with Crippen molar-refractivity contribution in [1.29, 1.82) is 0 Å². The van der Waals surface area contributed by atoms with Gasteiger partial charge in [0.1, 0.15) is 0 Å². The Bertz CT molecular complexity index is 238. The molecule has 0 atom stereocenters. The lowest BCUT2D eigenvalue weighted by atomic mass is 9.94. The molecule has 90 valence electrons. The zero-order valence-electron chi connectivity index (χ0n) is 10.3. The van der Waals surface area contributed by atoms with Crippen LogP contribution in [0.5, 0.6) is 0 Å². The van der Waals surface area contributed by atoms with Crippen molar-refractivity contribution in [1.82, 2.24) is 5.43 Å². The molecule has 1 N–H and O–H groups in total. The normalized spacial score (nSPS) is 30.5. The van der Waals surface area contributed by atoms with Gasteiger partial charge in [-0.1, -0.05) is 25.3 Å². The number of nitrogens with one attached hydrogen (secondary N) is 1. The van der Waals surface area contributed by atoms with Crippen LogP contribution in [-0.2, 0) is 0 Å². The fourth-order valence-corrected chi connectivity index (χ4v) is 2.57. The predicted molar refractivity (Wildman–Crippen MR) is 69.7 cm³/mol. The van der Waals surface area contributed by atoms with Crippen LogP contribution >= 0.6 is 0 Å². The third-order valence-corrected chi connectivity index (χ3v) is 3.58. The van der Waals surface area contributed by atoms with E-state index in [4.69, 9.17) is 0 Å². The van der Waals surface area contributed by atoms with Crippen molar-refractivity contribution in [3.63, 3.8) is 0 Å². The maximum atomic E-state index is 4.58. The summed E-state index contributed by atoms with van der Waals surface area (Å²) in [6.07, 6.45) is 15.6. The molecular weight excluding hydrogens is 196 g/mol. The van der Waals surface area contributed by atoms with Gasteiger partial charge in [0.25, 0.3) is 0 Å². The molecule has 0 aromatic rings. The predicted octanol–water partition coefficient (Wildman–Crippen LogP) is 3.79. The van der Waals surface area contributed by atoms with E-state index in [1.807, 2.05) is 0 Å². The van der Waals surface area contributed by atoms with Crippen LogP contribution in [0.4, 0.5) is 0 Å². The molecule has 1 aliphatic heterocycles. The molecule has 0 bridgehead atoms. The first kappa shape index (κ1) is 11.7. The summed E-state index contributed by atoms with van der Waals surface area (Å²) in [5, 5.41) is 4.58. The van der Waals surface area contributed by atoms with E-state index in [1.165, 1.54) is 75.5 Å². The Balaban J connectivity index is 2.01. The molecular formula is C14H24N2. The highest BCUT2D eigenvalue weighted by atomic mass is 15.3. The molecule has 0 saturated carbocycles. The third kappa shape index (κ3) is 3.66. The Labute approximate surface area is 99.2 Å². The Hall–Kier alpha value is -0.790. The van der Waals surface area contributed by atoms with E-state index < -0.39 is 0 Å². The molecule has 1 aliphatic carbocycles. The monoisotopic (exact) mass is 220 g/mol. The van der Waals surface area contributed by atoms with Crippen LogP contribution in [0.2, 0.25) is 0 Å². The lowest BCUT2D eigenvalue weighted by Gasteiger charge is -2.16. The van der Waals surface area contributed by atoms with E-state index >= 15 is 0 Å². The summed E-state index contributed by atoms with van der Waals surface area (Å²) in [5.74, 6) is 0. The van der Waals surface area contributed by atoms with Gasteiger partial charge in [0.15, 0.2) is 0 Å².